The standard InChI is InChI=1S/C19H21N3O4/c1-12(2)26-19-13(10-20)5-7-16(22-19)18(23)21-11-14-9-15(24-3)6-8-17(14)25-4/h5-9,12H,11H2,1-4H3,(H,21,23). The van der Waals surface area contributed by atoms with Gasteiger partial charge in [-0.3, -0.25) is 4.79 Å². The van der Waals surface area contributed by atoms with Crippen LogP contribution in [0.1, 0.15) is 35.5 Å². The van der Waals surface area contributed by atoms with Crippen molar-refractivity contribution in [3.63, 3.8) is 0 Å². The summed E-state index contributed by atoms with van der Waals surface area (Å²) in [5.41, 5.74) is 1.22. The van der Waals surface area contributed by atoms with Crippen LogP contribution in [0.15, 0.2) is 30.3 Å². The van der Waals surface area contributed by atoms with E-state index in [0.717, 1.165) is 5.56 Å². The second kappa shape index (κ2) is 8.72. The number of methoxy groups -OCH3 is 2. The van der Waals surface area contributed by atoms with Crippen LogP contribution < -0.4 is 19.5 Å². The SMILES string of the molecule is COc1ccc(OC)c(CNC(=O)c2ccc(C#N)c(OC(C)C)n2)c1. The minimum absolute atomic E-state index is 0.147. The number of hydrogen-bond donors (Lipinski definition) is 1. The molecule has 0 saturated heterocycles. The summed E-state index contributed by atoms with van der Waals surface area (Å²) in [5.74, 6) is 1.07. The second-order valence-electron chi connectivity index (χ2n) is 5.69. The Morgan fingerprint density at radius 1 is 1.23 bits per heavy atom. The van der Waals surface area contributed by atoms with Crippen LogP contribution in [0.4, 0.5) is 0 Å². The number of nitrogens with one attached hydrogen (secondary N) is 1. The van der Waals surface area contributed by atoms with Gasteiger partial charge in [-0.2, -0.15) is 5.26 Å². The molecule has 0 bridgehead atoms. The van der Waals surface area contributed by atoms with Crippen LogP contribution >= 0.6 is 0 Å². The van der Waals surface area contributed by atoms with Crippen LogP contribution in [0.2, 0.25) is 0 Å². The first-order valence-corrected chi connectivity index (χ1v) is 8.05. The van der Waals surface area contributed by atoms with Gasteiger partial charge in [-0.15, -0.1) is 0 Å². The molecule has 1 heterocycles. The smallest absolute Gasteiger partial charge is 0.270 e. The van der Waals surface area contributed by atoms with Crippen molar-refractivity contribution in [1.82, 2.24) is 10.3 Å². The lowest BCUT2D eigenvalue weighted by atomic mass is 10.2. The van der Waals surface area contributed by atoms with E-state index >= 15 is 0 Å². The van der Waals surface area contributed by atoms with E-state index in [9.17, 15) is 4.79 Å². The zero-order valence-electron chi connectivity index (χ0n) is 15.2. The first-order valence-electron chi connectivity index (χ1n) is 8.05. The molecule has 0 unspecified atom stereocenters. The number of pyridine rings is 1. The molecular weight excluding hydrogens is 334 g/mol. The third-order valence-electron chi connectivity index (χ3n) is 3.49. The highest BCUT2D eigenvalue weighted by Crippen LogP contribution is 2.24. The quantitative estimate of drug-likeness (QED) is 0.821. The summed E-state index contributed by atoms with van der Waals surface area (Å²) in [6.07, 6.45) is -0.158. The highest BCUT2D eigenvalue weighted by atomic mass is 16.5. The third-order valence-corrected chi connectivity index (χ3v) is 3.49. The van der Waals surface area contributed by atoms with Gasteiger partial charge in [-0.1, -0.05) is 0 Å². The molecule has 0 spiro atoms. The zero-order valence-corrected chi connectivity index (χ0v) is 15.2. The van der Waals surface area contributed by atoms with Crippen molar-refractivity contribution in [3.8, 4) is 23.4 Å². The highest BCUT2D eigenvalue weighted by Gasteiger charge is 2.14. The van der Waals surface area contributed by atoms with Crippen LogP contribution in [-0.2, 0) is 6.54 Å². The Morgan fingerprint density at radius 2 is 2.00 bits per heavy atom. The Labute approximate surface area is 152 Å². The predicted molar refractivity (Wildman–Crippen MR) is 95.4 cm³/mol. The maximum Gasteiger partial charge on any atom is 0.270 e. The van der Waals surface area contributed by atoms with Gasteiger partial charge < -0.3 is 19.5 Å². The van der Waals surface area contributed by atoms with Gasteiger partial charge in [0.25, 0.3) is 5.91 Å². The lowest BCUT2D eigenvalue weighted by molar-refractivity contribution is 0.0943. The molecule has 136 valence electrons. The van der Waals surface area contributed by atoms with Crippen LogP contribution in [0.25, 0.3) is 0 Å². The van der Waals surface area contributed by atoms with E-state index in [0.29, 0.717) is 11.5 Å². The van der Waals surface area contributed by atoms with E-state index in [1.165, 1.54) is 12.1 Å². The molecular formula is C19H21N3O4. The van der Waals surface area contributed by atoms with E-state index in [1.807, 2.05) is 19.9 Å². The normalized spacial score (nSPS) is 10.2. The van der Waals surface area contributed by atoms with Crippen LogP contribution in [0, 0.1) is 11.3 Å². The van der Waals surface area contributed by atoms with Crippen LogP contribution in [0.3, 0.4) is 0 Å². The Morgan fingerprint density at radius 3 is 2.62 bits per heavy atom. The molecule has 0 radical (unpaired) electrons. The Bertz CT molecular complexity index is 828. The first-order chi connectivity index (χ1) is 12.5. The van der Waals surface area contributed by atoms with Gasteiger partial charge in [-0.05, 0) is 44.2 Å². The van der Waals surface area contributed by atoms with Gasteiger partial charge in [-0.25, -0.2) is 4.98 Å². The summed E-state index contributed by atoms with van der Waals surface area (Å²) in [7, 11) is 3.13. The molecule has 0 atom stereocenters. The predicted octanol–water partition coefficient (Wildman–Crippen LogP) is 2.69. The number of amides is 1. The van der Waals surface area contributed by atoms with Gasteiger partial charge in [0.2, 0.25) is 5.88 Å². The molecule has 0 aliphatic carbocycles. The number of rotatable bonds is 7. The minimum Gasteiger partial charge on any atom is -0.497 e. The Kier molecular flexibility index (Phi) is 6.39. The molecule has 0 aliphatic rings. The number of aromatic nitrogens is 1. The van der Waals surface area contributed by atoms with E-state index in [4.69, 9.17) is 19.5 Å². The number of ether oxygens (including phenoxy) is 3. The fourth-order valence-electron chi connectivity index (χ4n) is 2.25. The third kappa shape index (κ3) is 4.63. The molecule has 1 amide bonds. The Hall–Kier alpha value is -3.27. The van der Waals surface area contributed by atoms with Crippen molar-refractivity contribution in [2.24, 2.45) is 0 Å². The van der Waals surface area contributed by atoms with Crippen molar-refractivity contribution in [2.45, 2.75) is 26.5 Å². The Balaban J connectivity index is 2.17. The fraction of sp³-hybridized carbons (Fsp3) is 0.316. The van der Waals surface area contributed by atoms with Gasteiger partial charge >= 0.3 is 0 Å². The molecule has 7 nitrogen and oxygen atoms in total. The molecule has 0 fully saturated rings. The molecule has 0 aliphatic heterocycles. The maximum atomic E-state index is 12.4. The molecule has 2 aromatic rings. The topological polar surface area (TPSA) is 93.5 Å². The monoisotopic (exact) mass is 355 g/mol. The molecule has 1 N–H and O–H groups in total. The number of benzene rings is 1. The number of carbonyl (C=O) groups excluding carboxylic acids is 1. The first kappa shape index (κ1) is 19.1. The van der Waals surface area contributed by atoms with E-state index in [2.05, 4.69) is 10.3 Å². The summed E-state index contributed by atoms with van der Waals surface area (Å²) in [4.78, 5) is 16.6. The molecule has 1 aromatic carbocycles. The van der Waals surface area contributed by atoms with Crippen LogP contribution in [0.5, 0.6) is 17.4 Å². The minimum atomic E-state index is -0.382. The number of hydrogen-bond acceptors (Lipinski definition) is 6. The number of nitriles is 1. The van der Waals surface area contributed by atoms with Gasteiger partial charge in [0, 0.05) is 12.1 Å². The molecule has 26 heavy (non-hydrogen) atoms. The maximum absolute atomic E-state index is 12.4. The second-order valence-corrected chi connectivity index (χ2v) is 5.69. The average Bonchev–Trinajstić information content (AvgIpc) is 2.65. The molecule has 7 heteroatoms. The summed E-state index contributed by atoms with van der Waals surface area (Å²) in [6.45, 7) is 3.89. The van der Waals surface area contributed by atoms with Crippen molar-refractivity contribution < 1.29 is 19.0 Å². The summed E-state index contributed by atoms with van der Waals surface area (Å²) in [6, 6.07) is 10.4. The van der Waals surface area contributed by atoms with Gasteiger partial charge in [0.1, 0.15) is 28.8 Å². The van der Waals surface area contributed by atoms with Gasteiger partial charge in [0.05, 0.1) is 20.3 Å². The molecule has 1 aromatic heterocycles. The summed E-state index contributed by atoms with van der Waals surface area (Å²) < 4.78 is 16.0. The highest BCUT2D eigenvalue weighted by molar-refractivity contribution is 5.92. The van der Waals surface area contributed by atoms with Crippen molar-refractivity contribution in [3.05, 3.63) is 47.2 Å². The van der Waals surface area contributed by atoms with Crippen molar-refractivity contribution in [2.75, 3.05) is 14.2 Å². The number of nitrogens with zero attached hydrogens (tertiary/aromatic N) is 2. The lowest BCUT2D eigenvalue weighted by Crippen LogP contribution is -2.24. The van der Waals surface area contributed by atoms with E-state index in [-0.39, 0.29) is 35.7 Å². The number of carbonyl (C=O) groups is 1. The van der Waals surface area contributed by atoms with Gasteiger partial charge in [0.15, 0.2) is 0 Å². The largest absolute Gasteiger partial charge is 0.497 e. The van der Waals surface area contributed by atoms with Crippen LogP contribution in [-0.4, -0.2) is 31.2 Å². The summed E-state index contributed by atoms with van der Waals surface area (Å²) >= 11 is 0. The average molecular weight is 355 g/mol. The van der Waals surface area contributed by atoms with E-state index in [1.54, 1.807) is 32.4 Å². The van der Waals surface area contributed by atoms with Crippen molar-refractivity contribution >= 4 is 5.91 Å². The summed E-state index contributed by atoms with van der Waals surface area (Å²) in [5, 5.41) is 11.9. The molecule has 2 rings (SSSR count). The molecule has 0 saturated carbocycles. The fourth-order valence-corrected chi connectivity index (χ4v) is 2.25. The zero-order chi connectivity index (χ0) is 19.1. The lowest BCUT2D eigenvalue weighted by Gasteiger charge is -2.13. The van der Waals surface area contributed by atoms with E-state index < -0.39 is 0 Å². The van der Waals surface area contributed by atoms with Crippen molar-refractivity contribution in [1.29, 1.82) is 5.26 Å².